The van der Waals surface area contributed by atoms with Gasteiger partial charge in [0.2, 0.25) is 0 Å². The second-order valence-corrected chi connectivity index (χ2v) is 5.85. The zero-order valence-corrected chi connectivity index (χ0v) is 18.3. The second-order valence-electron chi connectivity index (χ2n) is 5.42. The molecule has 0 unspecified atom stereocenters. The molecular formula is C19H25ClIN3O2. The molecule has 142 valence electrons. The Hall–Kier alpha value is -1.67. The van der Waals surface area contributed by atoms with Crippen LogP contribution in [0.5, 0.6) is 11.5 Å². The van der Waals surface area contributed by atoms with Crippen LogP contribution < -0.4 is 20.1 Å². The van der Waals surface area contributed by atoms with Crippen LogP contribution >= 0.6 is 35.6 Å². The van der Waals surface area contributed by atoms with Crippen LogP contribution in [0.3, 0.4) is 0 Å². The quantitative estimate of drug-likeness (QED) is 0.352. The highest BCUT2D eigenvalue weighted by molar-refractivity contribution is 14.0. The van der Waals surface area contributed by atoms with E-state index in [1.54, 1.807) is 21.3 Å². The number of hydrogen-bond acceptors (Lipinski definition) is 3. The number of benzene rings is 2. The Balaban J connectivity index is 0.00000338. The predicted octanol–water partition coefficient (Wildman–Crippen LogP) is 3.88. The van der Waals surface area contributed by atoms with Gasteiger partial charge in [0.05, 0.1) is 14.2 Å². The van der Waals surface area contributed by atoms with Gasteiger partial charge in [0.25, 0.3) is 0 Å². The molecule has 0 aliphatic heterocycles. The lowest BCUT2D eigenvalue weighted by molar-refractivity contribution is 0.354. The van der Waals surface area contributed by atoms with Crippen molar-refractivity contribution in [1.82, 2.24) is 10.6 Å². The van der Waals surface area contributed by atoms with Gasteiger partial charge in [-0.3, -0.25) is 4.99 Å². The van der Waals surface area contributed by atoms with Gasteiger partial charge in [-0.25, -0.2) is 0 Å². The largest absolute Gasteiger partial charge is 0.493 e. The van der Waals surface area contributed by atoms with E-state index in [9.17, 15) is 0 Å². The summed E-state index contributed by atoms with van der Waals surface area (Å²) in [7, 11) is 5.01. The fraction of sp³-hybridized carbons (Fsp3) is 0.316. The Bertz CT molecular complexity index is 708. The molecule has 26 heavy (non-hydrogen) atoms. The van der Waals surface area contributed by atoms with E-state index in [4.69, 9.17) is 21.1 Å². The molecular weight excluding hydrogens is 465 g/mol. The molecule has 0 saturated carbocycles. The normalized spacial score (nSPS) is 10.7. The number of halogens is 2. The maximum Gasteiger partial charge on any atom is 0.191 e. The highest BCUT2D eigenvalue weighted by Gasteiger charge is 2.05. The number of rotatable bonds is 7. The molecule has 0 bridgehead atoms. The third-order valence-electron chi connectivity index (χ3n) is 3.75. The fourth-order valence-electron chi connectivity index (χ4n) is 2.37. The number of nitrogens with zero attached hydrogens (tertiary/aromatic N) is 1. The molecule has 2 N–H and O–H groups in total. The van der Waals surface area contributed by atoms with Crippen LogP contribution in [-0.2, 0) is 13.0 Å². The van der Waals surface area contributed by atoms with Gasteiger partial charge in [-0.1, -0.05) is 29.8 Å². The summed E-state index contributed by atoms with van der Waals surface area (Å²) >= 11 is 5.90. The molecule has 5 nitrogen and oxygen atoms in total. The van der Waals surface area contributed by atoms with E-state index in [2.05, 4.69) is 15.6 Å². The molecule has 0 aliphatic rings. The molecule has 2 aromatic carbocycles. The van der Waals surface area contributed by atoms with Gasteiger partial charge in [-0.2, -0.15) is 0 Å². The number of ether oxygens (including phenoxy) is 2. The summed E-state index contributed by atoms with van der Waals surface area (Å²) < 4.78 is 10.6. The molecule has 0 amide bonds. The van der Waals surface area contributed by atoms with Crippen LogP contribution in [0.15, 0.2) is 47.5 Å². The molecule has 0 saturated heterocycles. The smallest absolute Gasteiger partial charge is 0.191 e. The fourth-order valence-corrected chi connectivity index (χ4v) is 2.50. The first-order valence-electron chi connectivity index (χ1n) is 8.06. The van der Waals surface area contributed by atoms with Gasteiger partial charge >= 0.3 is 0 Å². The van der Waals surface area contributed by atoms with Crippen molar-refractivity contribution in [3.63, 3.8) is 0 Å². The van der Waals surface area contributed by atoms with Crippen molar-refractivity contribution >= 4 is 41.5 Å². The highest BCUT2D eigenvalue weighted by atomic mass is 127. The molecule has 0 radical (unpaired) electrons. The van der Waals surface area contributed by atoms with Crippen LogP contribution in [0.2, 0.25) is 5.02 Å². The topological polar surface area (TPSA) is 54.9 Å². The minimum absolute atomic E-state index is 0. The van der Waals surface area contributed by atoms with E-state index in [0.717, 1.165) is 35.3 Å². The third kappa shape index (κ3) is 6.92. The van der Waals surface area contributed by atoms with Gasteiger partial charge in [0, 0.05) is 25.2 Å². The SMILES string of the molecule is CN=C(NCCc1ccc(Cl)cc1)NCc1ccc(OC)c(OC)c1.I. The summed E-state index contributed by atoms with van der Waals surface area (Å²) in [5, 5.41) is 7.35. The number of methoxy groups -OCH3 is 2. The van der Waals surface area contributed by atoms with Crippen LogP contribution in [0.1, 0.15) is 11.1 Å². The van der Waals surface area contributed by atoms with Crippen LogP contribution in [0.25, 0.3) is 0 Å². The maximum atomic E-state index is 5.90. The van der Waals surface area contributed by atoms with Crippen molar-refractivity contribution in [2.45, 2.75) is 13.0 Å². The lowest BCUT2D eigenvalue weighted by atomic mass is 10.1. The molecule has 2 aromatic rings. The Morgan fingerprint density at radius 3 is 2.23 bits per heavy atom. The Morgan fingerprint density at radius 1 is 0.962 bits per heavy atom. The standard InChI is InChI=1S/C19H24ClN3O2.HI/c1-21-19(22-11-10-14-4-7-16(20)8-5-14)23-13-15-6-9-17(24-2)18(12-15)25-3;/h4-9,12H,10-11,13H2,1-3H3,(H2,21,22,23);1H. The average Bonchev–Trinajstić information content (AvgIpc) is 2.65. The molecule has 7 heteroatoms. The molecule has 0 fully saturated rings. The number of aliphatic imine (C=N–C) groups is 1. The van der Waals surface area contributed by atoms with Gasteiger partial charge < -0.3 is 20.1 Å². The first-order valence-corrected chi connectivity index (χ1v) is 8.44. The minimum atomic E-state index is 0. The van der Waals surface area contributed by atoms with Crippen molar-refractivity contribution in [2.24, 2.45) is 4.99 Å². The van der Waals surface area contributed by atoms with Gasteiger partial charge in [0.15, 0.2) is 17.5 Å². The molecule has 0 spiro atoms. The van der Waals surface area contributed by atoms with Gasteiger partial charge in [-0.05, 0) is 41.8 Å². The van der Waals surface area contributed by atoms with Gasteiger partial charge in [-0.15, -0.1) is 24.0 Å². The van der Waals surface area contributed by atoms with Crippen molar-refractivity contribution < 1.29 is 9.47 Å². The Morgan fingerprint density at radius 2 is 1.62 bits per heavy atom. The summed E-state index contributed by atoms with van der Waals surface area (Å²) in [6, 6.07) is 13.7. The predicted molar refractivity (Wildman–Crippen MR) is 118 cm³/mol. The van der Waals surface area contributed by atoms with Crippen molar-refractivity contribution in [3.8, 4) is 11.5 Å². The van der Waals surface area contributed by atoms with Crippen molar-refractivity contribution in [1.29, 1.82) is 0 Å². The average molecular weight is 490 g/mol. The molecule has 2 rings (SSSR count). The molecule has 0 aromatic heterocycles. The zero-order chi connectivity index (χ0) is 18.1. The summed E-state index contributed by atoms with van der Waals surface area (Å²) in [6.45, 7) is 1.42. The van der Waals surface area contributed by atoms with Crippen LogP contribution in [0, 0.1) is 0 Å². The van der Waals surface area contributed by atoms with E-state index in [1.165, 1.54) is 5.56 Å². The number of hydrogen-bond donors (Lipinski definition) is 2. The van der Waals surface area contributed by atoms with Crippen molar-refractivity contribution in [3.05, 3.63) is 58.6 Å². The first kappa shape index (κ1) is 22.4. The van der Waals surface area contributed by atoms with E-state index in [-0.39, 0.29) is 24.0 Å². The van der Waals surface area contributed by atoms with Crippen LogP contribution in [-0.4, -0.2) is 33.8 Å². The summed E-state index contributed by atoms with van der Waals surface area (Å²) in [5.74, 6) is 2.19. The lowest BCUT2D eigenvalue weighted by Crippen LogP contribution is -2.37. The highest BCUT2D eigenvalue weighted by Crippen LogP contribution is 2.27. The minimum Gasteiger partial charge on any atom is -0.493 e. The van der Waals surface area contributed by atoms with E-state index >= 15 is 0 Å². The third-order valence-corrected chi connectivity index (χ3v) is 4.00. The summed E-state index contributed by atoms with van der Waals surface area (Å²) in [6.07, 6.45) is 0.897. The summed E-state index contributed by atoms with van der Waals surface area (Å²) in [4.78, 5) is 4.24. The van der Waals surface area contributed by atoms with E-state index < -0.39 is 0 Å². The van der Waals surface area contributed by atoms with Gasteiger partial charge in [0.1, 0.15) is 0 Å². The maximum absolute atomic E-state index is 5.90. The molecule has 0 aliphatic carbocycles. The Kier molecular flexibility index (Phi) is 10.2. The molecule has 0 atom stereocenters. The first-order chi connectivity index (χ1) is 12.2. The number of guanidine groups is 1. The van der Waals surface area contributed by atoms with E-state index in [1.807, 2.05) is 42.5 Å². The zero-order valence-electron chi connectivity index (χ0n) is 15.2. The monoisotopic (exact) mass is 489 g/mol. The molecule has 0 heterocycles. The lowest BCUT2D eigenvalue weighted by Gasteiger charge is -2.13. The van der Waals surface area contributed by atoms with Crippen molar-refractivity contribution in [2.75, 3.05) is 27.8 Å². The summed E-state index contributed by atoms with van der Waals surface area (Å²) in [5.41, 5.74) is 2.31. The van der Waals surface area contributed by atoms with Crippen LogP contribution in [0.4, 0.5) is 0 Å². The number of nitrogens with one attached hydrogen (secondary N) is 2. The Labute approximate surface area is 177 Å². The second kappa shape index (κ2) is 11.9. The van der Waals surface area contributed by atoms with E-state index in [0.29, 0.717) is 12.3 Å².